The third-order valence-corrected chi connectivity index (χ3v) is 4.16. The molecular weight excluding hydrogens is 260 g/mol. The first kappa shape index (κ1) is 14.1. The summed E-state index contributed by atoms with van der Waals surface area (Å²) in [5.74, 6) is 0. The Balaban J connectivity index is 1.92. The van der Waals surface area contributed by atoms with Gasteiger partial charge in [-0.05, 0) is 49.9 Å². The van der Waals surface area contributed by atoms with Gasteiger partial charge in [0.25, 0.3) is 0 Å². The van der Waals surface area contributed by atoms with E-state index in [-0.39, 0.29) is 0 Å². The fraction of sp³-hybridized carbons (Fsp3) is 0.389. The molecule has 0 saturated heterocycles. The summed E-state index contributed by atoms with van der Waals surface area (Å²) in [4.78, 5) is 6.75. The molecule has 1 atom stereocenters. The molecule has 2 aromatic rings. The number of hydrogen-bond acceptors (Lipinski definition) is 3. The van der Waals surface area contributed by atoms with E-state index in [4.69, 9.17) is 0 Å². The maximum absolute atomic E-state index is 9.84. The van der Waals surface area contributed by atoms with Crippen LogP contribution in [0.1, 0.15) is 42.7 Å². The molecule has 110 valence electrons. The SMILES string of the molecule is CC[C@H](O)c1ccc(N2CCCc3cc(C)ccc32)cn1. The van der Waals surface area contributed by atoms with Gasteiger partial charge in [0.2, 0.25) is 0 Å². The van der Waals surface area contributed by atoms with E-state index >= 15 is 0 Å². The van der Waals surface area contributed by atoms with Gasteiger partial charge in [0, 0.05) is 12.2 Å². The lowest BCUT2D eigenvalue weighted by Crippen LogP contribution is -2.24. The van der Waals surface area contributed by atoms with Gasteiger partial charge in [-0.1, -0.05) is 24.6 Å². The van der Waals surface area contributed by atoms with Crippen molar-refractivity contribution in [3.05, 3.63) is 53.3 Å². The third-order valence-electron chi connectivity index (χ3n) is 4.16. The fourth-order valence-corrected chi connectivity index (χ4v) is 2.96. The average Bonchev–Trinajstić information content (AvgIpc) is 2.53. The Morgan fingerprint density at radius 3 is 2.86 bits per heavy atom. The van der Waals surface area contributed by atoms with Crippen LogP contribution in [0.5, 0.6) is 0 Å². The Hall–Kier alpha value is -1.87. The Labute approximate surface area is 126 Å². The standard InChI is InChI=1S/C18H22N2O/c1-3-18(21)16-8-7-15(12-19-16)20-10-4-5-14-11-13(2)6-9-17(14)20/h6-9,11-12,18,21H,3-5,10H2,1-2H3/t18-/m0/s1. The second-order valence-electron chi connectivity index (χ2n) is 5.75. The van der Waals surface area contributed by atoms with Crippen molar-refractivity contribution in [3.63, 3.8) is 0 Å². The van der Waals surface area contributed by atoms with Crippen LogP contribution in [0.25, 0.3) is 0 Å². The fourth-order valence-electron chi connectivity index (χ4n) is 2.96. The van der Waals surface area contributed by atoms with Crippen LogP contribution in [0.2, 0.25) is 0 Å². The molecule has 0 radical (unpaired) electrons. The highest BCUT2D eigenvalue weighted by Gasteiger charge is 2.18. The molecule has 0 saturated carbocycles. The van der Waals surface area contributed by atoms with Crippen molar-refractivity contribution in [1.82, 2.24) is 4.98 Å². The Morgan fingerprint density at radius 1 is 1.29 bits per heavy atom. The molecule has 3 rings (SSSR count). The van der Waals surface area contributed by atoms with E-state index in [1.807, 2.05) is 19.2 Å². The molecule has 1 aliphatic heterocycles. The Bertz CT molecular complexity index is 622. The molecule has 0 fully saturated rings. The third kappa shape index (κ3) is 2.79. The van der Waals surface area contributed by atoms with Gasteiger partial charge >= 0.3 is 0 Å². The molecular formula is C18H22N2O. The van der Waals surface area contributed by atoms with Gasteiger partial charge in [-0.15, -0.1) is 0 Å². The van der Waals surface area contributed by atoms with Gasteiger partial charge in [0.05, 0.1) is 23.7 Å². The molecule has 0 spiro atoms. The highest BCUT2D eigenvalue weighted by Crippen LogP contribution is 2.33. The van der Waals surface area contributed by atoms with Gasteiger partial charge in [-0.2, -0.15) is 0 Å². The molecule has 21 heavy (non-hydrogen) atoms. The molecule has 3 nitrogen and oxygen atoms in total. The predicted molar refractivity (Wildman–Crippen MR) is 86.0 cm³/mol. The lowest BCUT2D eigenvalue weighted by Gasteiger charge is -2.31. The van der Waals surface area contributed by atoms with Crippen molar-refractivity contribution >= 4 is 11.4 Å². The minimum atomic E-state index is -0.463. The molecule has 1 aromatic carbocycles. The number of pyridine rings is 1. The summed E-state index contributed by atoms with van der Waals surface area (Å²) in [6, 6.07) is 10.7. The zero-order valence-electron chi connectivity index (χ0n) is 12.7. The van der Waals surface area contributed by atoms with E-state index in [0.29, 0.717) is 6.42 Å². The van der Waals surface area contributed by atoms with Crippen molar-refractivity contribution in [2.75, 3.05) is 11.4 Å². The number of aliphatic hydroxyl groups excluding tert-OH is 1. The number of aryl methyl sites for hydroxylation is 2. The molecule has 0 unspecified atom stereocenters. The molecule has 0 bridgehead atoms. The number of aliphatic hydroxyl groups is 1. The van der Waals surface area contributed by atoms with Crippen LogP contribution < -0.4 is 4.90 Å². The van der Waals surface area contributed by atoms with Crippen LogP contribution in [0, 0.1) is 6.92 Å². The molecule has 1 aliphatic rings. The van der Waals surface area contributed by atoms with E-state index in [2.05, 4.69) is 41.1 Å². The first-order valence-corrected chi connectivity index (χ1v) is 7.70. The normalized spacial score (nSPS) is 15.7. The molecule has 0 amide bonds. The Kier molecular flexibility index (Phi) is 3.93. The highest BCUT2D eigenvalue weighted by atomic mass is 16.3. The monoisotopic (exact) mass is 282 g/mol. The van der Waals surface area contributed by atoms with Gasteiger partial charge < -0.3 is 10.0 Å². The van der Waals surface area contributed by atoms with Gasteiger partial charge in [-0.25, -0.2) is 0 Å². The van der Waals surface area contributed by atoms with Crippen LogP contribution in [-0.2, 0) is 6.42 Å². The summed E-state index contributed by atoms with van der Waals surface area (Å²) >= 11 is 0. The number of benzene rings is 1. The van der Waals surface area contributed by atoms with Crippen LogP contribution >= 0.6 is 0 Å². The zero-order valence-corrected chi connectivity index (χ0v) is 12.7. The molecule has 3 heteroatoms. The smallest absolute Gasteiger partial charge is 0.0957 e. The second-order valence-corrected chi connectivity index (χ2v) is 5.75. The van der Waals surface area contributed by atoms with Crippen LogP contribution in [0.4, 0.5) is 11.4 Å². The quantitative estimate of drug-likeness (QED) is 0.927. The molecule has 0 aliphatic carbocycles. The lowest BCUT2D eigenvalue weighted by molar-refractivity contribution is 0.169. The first-order valence-electron chi connectivity index (χ1n) is 7.70. The summed E-state index contributed by atoms with van der Waals surface area (Å²) in [6.07, 6.45) is 4.42. The van der Waals surface area contributed by atoms with E-state index in [0.717, 1.165) is 30.8 Å². The minimum absolute atomic E-state index is 0.463. The minimum Gasteiger partial charge on any atom is -0.387 e. The number of nitrogens with zero attached hydrogens (tertiary/aromatic N) is 2. The van der Waals surface area contributed by atoms with Crippen LogP contribution in [-0.4, -0.2) is 16.6 Å². The summed E-state index contributed by atoms with van der Waals surface area (Å²) in [5.41, 5.74) is 5.88. The largest absolute Gasteiger partial charge is 0.387 e. The number of fused-ring (bicyclic) bond motifs is 1. The maximum Gasteiger partial charge on any atom is 0.0957 e. The number of anilines is 2. The number of aromatic nitrogens is 1. The van der Waals surface area contributed by atoms with Crippen molar-refractivity contribution in [1.29, 1.82) is 0 Å². The summed E-state index contributed by atoms with van der Waals surface area (Å²) in [6.45, 7) is 5.12. The second kappa shape index (κ2) is 5.86. The van der Waals surface area contributed by atoms with Crippen LogP contribution in [0.15, 0.2) is 36.5 Å². The summed E-state index contributed by atoms with van der Waals surface area (Å²) < 4.78 is 0. The summed E-state index contributed by atoms with van der Waals surface area (Å²) in [5, 5.41) is 9.84. The van der Waals surface area contributed by atoms with Gasteiger partial charge in [0.1, 0.15) is 0 Å². The predicted octanol–water partition coefficient (Wildman–Crippen LogP) is 3.92. The first-order chi connectivity index (χ1) is 10.2. The Morgan fingerprint density at radius 2 is 2.14 bits per heavy atom. The van der Waals surface area contributed by atoms with Gasteiger partial charge in [0.15, 0.2) is 0 Å². The molecule has 1 aromatic heterocycles. The number of rotatable bonds is 3. The average molecular weight is 282 g/mol. The van der Waals surface area contributed by atoms with E-state index in [1.54, 1.807) is 0 Å². The lowest BCUT2D eigenvalue weighted by atomic mass is 9.99. The van der Waals surface area contributed by atoms with Crippen molar-refractivity contribution < 1.29 is 5.11 Å². The number of hydrogen-bond donors (Lipinski definition) is 1. The van der Waals surface area contributed by atoms with Gasteiger partial charge in [-0.3, -0.25) is 4.98 Å². The molecule has 2 heterocycles. The highest BCUT2D eigenvalue weighted by molar-refractivity contribution is 5.67. The maximum atomic E-state index is 9.84. The van der Waals surface area contributed by atoms with E-state index in [9.17, 15) is 5.11 Å². The molecule has 1 N–H and O–H groups in total. The van der Waals surface area contributed by atoms with Crippen molar-refractivity contribution in [2.24, 2.45) is 0 Å². The topological polar surface area (TPSA) is 36.4 Å². The van der Waals surface area contributed by atoms with Crippen molar-refractivity contribution in [2.45, 2.75) is 39.2 Å². The van der Waals surface area contributed by atoms with E-state index in [1.165, 1.54) is 16.8 Å². The van der Waals surface area contributed by atoms with Crippen molar-refractivity contribution in [3.8, 4) is 0 Å². The zero-order chi connectivity index (χ0) is 14.8. The van der Waals surface area contributed by atoms with Crippen LogP contribution in [0.3, 0.4) is 0 Å². The van der Waals surface area contributed by atoms with E-state index < -0.39 is 6.10 Å². The summed E-state index contributed by atoms with van der Waals surface area (Å²) in [7, 11) is 0.